The average molecular weight is 527 g/mol. The summed E-state index contributed by atoms with van der Waals surface area (Å²) in [5, 5.41) is 17.6. The van der Waals surface area contributed by atoms with Gasteiger partial charge < -0.3 is 30.0 Å². The predicted octanol–water partition coefficient (Wildman–Crippen LogP) is 3.54. The second-order valence-corrected chi connectivity index (χ2v) is 6.92. The molecule has 0 amide bonds. The fraction of sp³-hybridized carbons (Fsp3) is 0.409. The Morgan fingerprint density at radius 3 is 2.37 bits per heavy atom. The molecule has 3 N–H and O–H groups in total. The molecule has 8 heteroatoms. The number of halogens is 1. The average Bonchev–Trinajstić information content (AvgIpc) is 3.08. The van der Waals surface area contributed by atoms with E-state index in [1.165, 1.54) is 5.56 Å². The molecule has 1 atom stereocenters. The second kappa shape index (κ2) is 10.7. The number of hydrogen-bond acceptors (Lipinski definition) is 5. The van der Waals surface area contributed by atoms with Gasteiger partial charge >= 0.3 is 0 Å². The molecule has 2 aromatic rings. The smallest absolute Gasteiger partial charge is 0.203 e. The first-order valence-corrected chi connectivity index (χ1v) is 9.70. The van der Waals surface area contributed by atoms with Gasteiger partial charge in [-0.05, 0) is 30.9 Å². The van der Waals surface area contributed by atoms with Crippen LogP contribution in [0.3, 0.4) is 0 Å². The van der Waals surface area contributed by atoms with Crippen molar-refractivity contribution >= 4 is 35.6 Å². The molecule has 0 saturated carbocycles. The van der Waals surface area contributed by atoms with E-state index < -0.39 is 5.60 Å². The first kappa shape index (κ1) is 24.1. The van der Waals surface area contributed by atoms with Crippen molar-refractivity contribution in [1.29, 1.82) is 0 Å². The number of ether oxygens (including phenoxy) is 3. The molecule has 0 radical (unpaired) electrons. The van der Waals surface area contributed by atoms with Gasteiger partial charge in [-0.1, -0.05) is 24.3 Å². The Bertz CT molecular complexity index is 865. The van der Waals surface area contributed by atoms with E-state index in [4.69, 9.17) is 14.2 Å². The fourth-order valence-corrected chi connectivity index (χ4v) is 3.64. The maximum absolute atomic E-state index is 11.1. The highest BCUT2D eigenvalue weighted by Gasteiger charge is 2.36. The number of fused-ring (bicyclic) bond motifs is 1. The topological polar surface area (TPSA) is 84.3 Å². The van der Waals surface area contributed by atoms with E-state index in [2.05, 4.69) is 21.7 Å². The minimum absolute atomic E-state index is 0. The van der Waals surface area contributed by atoms with E-state index in [9.17, 15) is 5.11 Å². The summed E-state index contributed by atoms with van der Waals surface area (Å²) in [6, 6.07) is 11.6. The number of rotatable bonds is 7. The number of methoxy groups -OCH3 is 3. The highest BCUT2D eigenvalue weighted by molar-refractivity contribution is 14.0. The molecule has 1 aliphatic carbocycles. The normalized spacial score (nSPS) is 17.6. The lowest BCUT2D eigenvalue weighted by atomic mass is 9.96. The van der Waals surface area contributed by atoms with E-state index in [1.807, 2.05) is 37.3 Å². The van der Waals surface area contributed by atoms with E-state index in [-0.39, 0.29) is 30.5 Å². The molecule has 164 valence electrons. The van der Waals surface area contributed by atoms with Crippen molar-refractivity contribution in [3.05, 3.63) is 47.5 Å². The van der Waals surface area contributed by atoms with Crippen LogP contribution in [0.15, 0.2) is 41.4 Å². The Kier molecular flexibility index (Phi) is 8.60. The van der Waals surface area contributed by atoms with E-state index in [0.29, 0.717) is 36.2 Å². The van der Waals surface area contributed by atoms with Crippen LogP contribution in [0.5, 0.6) is 17.2 Å². The summed E-state index contributed by atoms with van der Waals surface area (Å²) in [5.41, 5.74) is 1.94. The number of benzene rings is 2. The number of aliphatic hydroxyl groups is 1. The molecule has 0 heterocycles. The molecule has 1 unspecified atom stereocenters. The Labute approximate surface area is 194 Å². The molecule has 7 nitrogen and oxygen atoms in total. The van der Waals surface area contributed by atoms with Gasteiger partial charge in [0.1, 0.15) is 5.60 Å². The van der Waals surface area contributed by atoms with Crippen LogP contribution < -0.4 is 24.8 Å². The Morgan fingerprint density at radius 1 is 1.10 bits per heavy atom. The van der Waals surface area contributed by atoms with Crippen molar-refractivity contribution < 1.29 is 19.3 Å². The molecule has 0 spiro atoms. The monoisotopic (exact) mass is 527 g/mol. The minimum Gasteiger partial charge on any atom is -0.493 e. The zero-order chi connectivity index (χ0) is 20.9. The van der Waals surface area contributed by atoms with Crippen LogP contribution >= 0.6 is 24.0 Å². The van der Waals surface area contributed by atoms with Gasteiger partial charge in [-0.25, -0.2) is 4.99 Å². The summed E-state index contributed by atoms with van der Waals surface area (Å²) in [7, 11) is 4.72. The van der Waals surface area contributed by atoms with Gasteiger partial charge in [-0.2, -0.15) is 0 Å². The van der Waals surface area contributed by atoms with Crippen molar-refractivity contribution in [3.8, 4) is 17.2 Å². The predicted molar refractivity (Wildman–Crippen MR) is 130 cm³/mol. The van der Waals surface area contributed by atoms with Gasteiger partial charge in [-0.3, -0.25) is 0 Å². The zero-order valence-corrected chi connectivity index (χ0v) is 20.2. The molecule has 0 aromatic heterocycles. The Hall–Kier alpha value is -2.20. The third-order valence-corrected chi connectivity index (χ3v) is 5.10. The highest BCUT2D eigenvalue weighted by atomic mass is 127. The first-order valence-electron chi connectivity index (χ1n) is 9.70. The number of nitrogens with one attached hydrogen (secondary N) is 2. The third-order valence-electron chi connectivity index (χ3n) is 5.10. The van der Waals surface area contributed by atoms with E-state index >= 15 is 0 Å². The Balaban J connectivity index is 0.00000320. The SMILES string of the molecule is CCNC(=NCC1(O)CCc2ccccc21)Nc1cc(OC)c(OC)c(OC)c1.I. The molecule has 30 heavy (non-hydrogen) atoms. The molecule has 0 saturated heterocycles. The lowest BCUT2D eigenvalue weighted by Gasteiger charge is -2.23. The van der Waals surface area contributed by atoms with Crippen LogP contribution in [0.4, 0.5) is 5.69 Å². The third kappa shape index (κ3) is 5.10. The van der Waals surface area contributed by atoms with Crippen LogP contribution in [0.2, 0.25) is 0 Å². The molecule has 1 aliphatic rings. The fourth-order valence-electron chi connectivity index (χ4n) is 3.64. The summed E-state index contributed by atoms with van der Waals surface area (Å²) in [6.07, 6.45) is 1.53. The maximum Gasteiger partial charge on any atom is 0.203 e. The number of anilines is 1. The molecule has 3 rings (SSSR count). The largest absolute Gasteiger partial charge is 0.493 e. The van der Waals surface area contributed by atoms with Crippen molar-refractivity contribution in [3.63, 3.8) is 0 Å². The van der Waals surface area contributed by atoms with Gasteiger partial charge in [0.05, 0.1) is 27.9 Å². The van der Waals surface area contributed by atoms with Crippen molar-refractivity contribution in [2.75, 3.05) is 39.7 Å². The van der Waals surface area contributed by atoms with Gasteiger partial charge in [0, 0.05) is 24.4 Å². The minimum atomic E-state index is -0.950. The summed E-state index contributed by atoms with van der Waals surface area (Å²) in [5.74, 6) is 2.20. The van der Waals surface area contributed by atoms with Crippen molar-refractivity contribution in [2.45, 2.75) is 25.4 Å². The number of aliphatic imine (C=N–C) groups is 1. The molecule has 0 bridgehead atoms. The van der Waals surface area contributed by atoms with E-state index in [0.717, 1.165) is 17.7 Å². The summed E-state index contributed by atoms with van der Waals surface area (Å²) >= 11 is 0. The van der Waals surface area contributed by atoms with Crippen LogP contribution in [0, 0.1) is 0 Å². The Morgan fingerprint density at radius 2 is 1.77 bits per heavy atom. The quantitative estimate of drug-likeness (QED) is 0.290. The standard InChI is InChI=1S/C22H29N3O4.HI/c1-5-23-21(24-14-22(26)11-10-15-8-6-7-9-17(15)22)25-16-12-18(27-2)20(29-4)19(13-16)28-3;/h6-9,12-13,26H,5,10-11,14H2,1-4H3,(H2,23,24,25);1H. The molecular formula is C22H30IN3O4. The van der Waals surface area contributed by atoms with Crippen molar-refractivity contribution in [1.82, 2.24) is 5.32 Å². The molecule has 0 fully saturated rings. The van der Waals surface area contributed by atoms with Gasteiger partial charge in [0.2, 0.25) is 5.75 Å². The van der Waals surface area contributed by atoms with Crippen LogP contribution in [-0.2, 0) is 12.0 Å². The second-order valence-electron chi connectivity index (χ2n) is 6.92. The van der Waals surface area contributed by atoms with Crippen LogP contribution in [-0.4, -0.2) is 45.5 Å². The highest BCUT2D eigenvalue weighted by Crippen LogP contribution is 2.40. The number of hydrogen-bond donors (Lipinski definition) is 3. The molecule has 2 aromatic carbocycles. The summed E-state index contributed by atoms with van der Waals surface area (Å²) in [6.45, 7) is 2.95. The number of guanidine groups is 1. The van der Waals surface area contributed by atoms with Crippen molar-refractivity contribution in [2.24, 2.45) is 4.99 Å². The van der Waals surface area contributed by atoms with Gasteiger partial charge in [-0.15, -0.1) is 24.0 Å². The molecular weight excluding hydrogens is 497 g/mol. The van der Waals surface area contributed by atoms with Gasteiger partial charge in [0.15, 0.2) is 17.5 Å². The number of aryl methyl sites for hydroxylation is 1. The van der Waals surface area contributed by atoms with Gasteiger partial charge in [0.25, 0.3) is 0 Å². The van der Waals surface area contributed by atoms with Crippen LogP contribution in [0.25, 0.3) is 0 Å². The zero-order valence-electron chi connectivity index (χ0n) is 17.8. The lowest BCUT2D eigenvalue weighted by molar-refractivity contribution is 0.0486. The summed E-state index contributed by atoms with van der Waals surface area (Å²) < 4.78 is 16.2. The van der Waals surface area contributed by atoms with E-state index in [1.54, 1.807) is 21.3 Å². The number of nitrogens with zero attached hydrogens (tertiary/aromatic N) is 1. The van der Waals surface area contributed by atoms with Crippen LogP contribution in [0.1, 0.15) is 24.5 Å². The molecule has 0 aliphatic heterocycles. The first-order chi connectivity index (χ1) is 14.0. The summed E-state index contributed by atoms with van der Waals surface area (Å²) in [4.78, 5) is 4.65. The maximum atomic E-state index is 11.1. The lowest BCUT2D eigenvalue weighted by Crippen LogP contribution is -2.34.